The molecule has 2 aromatic carbocycles. The van der Waals surface area contributed by atoms with Crippen molar-refractivity contribution in [3.8, 4) is 16.9 Å². The zero-order valence-corrected chi connectivity index (χ0v) is 17.9. The van der Waals surface area contributed by atoms with E-state index in [1.807, 2.05) is 17.5 Å². The Labute approximate surface area is 188 Å². The van der Waals surface area contributed by atoms with Gasteiger partial charge in [0.1, 0.15) is 5.75 Å². The summed E-state index contributed by atoms with van der Waals surface area (Å²) in [7, 11) is 0. The highest BCUT2D eigenvalue weighted by Crippen LogP contribution is 2.23. The number of imide groups is 1. The molecule has 1 aromatic heterocycles. The van der Waals surface area contributed by atoms with Gasteiger partial charge in [0.15, 0.2) is 6.61 Å². The quantitative estimate of drug-likeness (QED) is 0.419. The standard InChI is InChI=1S/C23H20N2O6S/c1-15(26)31-19-10-8-17(9-11-19)16-4-6-18(7-5-16)22(28)30-14-21(27)25-23(29)24-13-20-3-2-12-32-20/h2-12H,13-14H2,1H3,(H2,24,25,27,29). The van der Waals surface area contributed by atoms with Crippen LogP contribution in [0.25, 0.3) is 11.1 Å². The molecule has 164 valence electrons. The summed E-state index contributed by atoms with van der Waals surface area (Å²) in [5.74, 6) is -1.37. The van der Waals surface area contributed by atoms with E-state index < -0.39 is 30.5 Å². The SMILES string of the molecule is CC(=O)Oc1ccc(-c2ccc(C(=O)OCC(=O)NC(=O)NCc3cccs3)cc2)cc1. The van der Waals surface area contributed by atoms with Gasteiger partial charge in [-0.05, 0) is 46.8 Å². The van der Waals surface area contributed by atoms with Gasteiger partial charge in [0, 0.05) is 11.8 Å². The first-order valence-corrected chi connectivity index (χ1v) is 10.4. The van der Waals surface area contributed by atoms with Crippen molar-refractivity contribution in [2.45, 2.75) is 13.5 Å². The van der Waals surface area contributed by atoms with Gasteiger partial charge in [0.2, 0.25) is 0 Å². The van der Waals surface area contributed by atoms with Crippen molar-refractivity contribution in [2.75, 3.05) is 6.61 Å². The fourth-order valence-corrected chi connectivity index (χ4v) is 3.33. The highest BCUT2D eigenvalue weighted by atomic mass is 32.1. The molecule has 8 nitrogen and oxygen atoms in total. The number of amides is 3. The van der Waals surface area contributed by atoms with Crippen LogP contribution in [-0.2, 0) is 20.9 Å². The van der Waals surface area contributed by atoms with Crippen molar-refractivity contribution in [3.63, 3.8) is 0 Å². The van der Waals surface area contributed by atoms with Gasteiger partial charge >= 0.3 is 18.0 Å². The van der Waals surface area contributed by atoms with Crippen LogP contribution in [0, 0.1) is 0 Å². The Morgan fingerprint density at radius 3 is 2.16 bits per heavy atom. The third-order valence-electron chi connectivity index (χ3n) is 4.16. The van der Waals surface area contributed by atoms with Gasteiger partial charge in [-0.2, -0.15) is 0 Å². The summed E-state index contributed by atoms with van der Waals surface area (Å²) in [6.07, 6.45) is 0. The molecular weight excluding hydrogens is 432 g/mol. The van der Waals surface area contributed by atoms with E-state index >= 15 is 0 Å². The molecular formula is C23H20N2O6S. The van der Waals surface area contributed by atoms with Crippen LogP contribution in [0.15, 0.2) is 66.0 Å². The lowest BCUT2D eigenvalue weighted by Gasteiger charge is -2.08. The van der Waals surface area contributed by atoms with Gasteiger partial charge in [0.25, 0.3) is 5.91 Å². The Morgan fingerprint density at radius 1 is 0.906 bits per heavy atom. The fraction of sp³-hybridized carbons (Fsp3) is 0.130. The van der Waals surface area contributed by atoms with Crippen LogP contribution in [0.1, 0.15) is 22.2 Å². The van der Waals surface area contributed by atoms with Gasteiger partial charge in [-0.15, -0.1) is 11.3 Å². The number of hydrogen-bond donors (Lipinski definition) is 2. The normalized spacial score (nSPS) is 10.2. The number of carbonyl (C=O) groups is 4. The van der Waals surface area contributed by atoms with E-state index in [9.17, 15) is 19.2 Å². The molecule has 3 amide bonds. The number of carbonyl (C=O) groups excluding carboxylic acids is 4. The molecule has 2 N–H and O–H groups in total. The van der Waals surface area contributed by atoms with Crippen LogP contribution in [-0.4, -0.2) is 30.5 Å². The van der Waals surface area contributed by atoms with Gasteiger partial charge < -0.3 is 14.8 Å². The lowest BCUT2D eigenvalue weighted by molar-refractivity contribution is -0.131. The molecule has 0 aliphatic heterocycles. The van der Waals surface area contributed by atoms with Crippen molar-refractivity contribution in [1.29, 1.82) is 0 Å². The number of rotatable bonds is 7. The molecule has 0 aliphatic carbocycles. The van der Waals surface area contributed by atoms with Crippen molar-refractivity contribution in [3.05, 3.63) is 76.5 Å². The van der Waals surface area contributed by atoms with Crippen LogP contribution in [0.3, 0.4) is 0 Å². The van der Waals surface area contributed by atoms with Gasteiger partial charge in [0.05, 0.1) is 12.1 Å². The second-order valence-electron chi connectivity index (χ2n) is 6.58. The fourth-order valence-electron chi connectivity index (χ4n) is 2.68. The maximum atomic E-state index is 12.2. The van der Waals surface area contributed by atoms with Gasteiger partial charge in [-0.1, -0.05) is 30.3 Å². The average Bonchev–Trinajstić information content (AvgIpc) is 3.30. The molecule has 1 heterocycles. The van der Waals surface area contributed by atoms with E-state index in [0.717, 1.165) is 16.0 Å². The first-order chi connectivity index (χ1) is 15.4. The van der Waals surface area contributed by atoms with Crippen molar-refractivity contribution in [1.82, 2.24) is 10.6 Å². The van der Waals surface area contributed by atoms with Gasteiger partial charge in [-0.25, -0.2) is 9.59 Å². The lowest BCUT2D eigenvalue weighted by Crippen LogP contribution is -2.41. The van der Waals surface area contributed by atoms with Crippen LogP contribution >= 0.6 is 11.3 Å². The maximum absolute atomic E-state index is 12.2. The molecule has 0 saturated heterocycles. The molecule has 0 bridgehead atoms. The largest absolute Gasteiger partial charge is 0.452 e. The summed E-state index contributed by atoms with van der Waals surface area (Å²) < 4.78 is 9.96. The molecule has 32 heavy (non-hydrogen) atoms. The minimum atomic E-state index is -0.730. The Balaban J connectivity index is 1.46. The number of hydrogen-bond acceptors (Lipinski definition) is 7. The van der Waals surface area contributed by atoms with Crippen molar-refractivity contribution < 1.29 is 28.7 Å². The van der Waals surface area contributed by atoms with E-state index in [2.05, 4.69) is 10.6 Å². The van der Waals surface area contributed by atoms with Crippen LogP contribution in [0.5, 0.6) is 5.75 Å². The van der Waals surface area contributed by atoms with E-state index in [1.54, 1.807) is 48.5 Å². The summed E-state index contributed by atoms with van der Waals surface area (Å²) in [4.78, 5) is 47.6. The highest BCUT2D eigenvalue weighted by Gasteiger charge is 2.13. The molecule has 9 heteroatoms. The summed E-state index contributed by atoms with van der Waals surface area (Å²) in [6, 6.07) is 16.6. The number of esters is 2. The molecule has 3 rings (SSSR count). The van der Waals surface area contributed by atoms with Crippen molar-refractivity contribution in [2.24, 2.45) is 0 Å². The second-order valence-corrected chi connectivity index (χ2v) is 7.61. The predicted octanol–water partition coefficient (Wildman–Crippen LogP) is 3.52. The van der Waals surface area contributed by atoms with Crippen LogP contribution < -0.4 is 15.4 Å². The molecule has 0 saturated carbocycles. The molecule has 0 radical (unpaired) electrons. The average molecular weight is 452 g/mol. The first kappa shape index (κ1) is 22.7. The topological polar surface area (TPSA) is 111 Å². The third kappa shape index (κ3) is 6.78. The molecule has 3 aromatic rings. The Bertz CT molecular complexity index is 1090. The van der Waals surface area contributed by atoms with E-state index in [0.29, 0.717) is 12.3 Å². The molecule has 0 atom stereocenters. The third-order valence-corrected chi connectivity index (χ3v) is 5.04. The Hall–Kier alpha value is -3.98. The van der Waals surface area contributed by atoms with E-state index in [-0.39, 0.29) is 5.56 Å². The smallest absolute Gasteiger partial charge is 0.338 e. The molecule has 0 aliphatic rings. The monoisotopic (exact) mass is 452 g/mol. The number of urea groups is 1. The Morgan fingerprint density at radius 2 is 1.56 bits per heavy atom. The molecule has 0 spiro atoms. The predicted molar refractivity (Wildman–Crippen MR) is 118 cm³/mol. The Kier molecular flexibility index (Phi) is 7.71. The molecule has 0 unspecified atom stereocenters. The van der Waals surface area contributed by atoms with E-state index in [4.69, 9.17) is 9.47 Å². The van der Waals surface area contributed by atoms with Crippen molar-refractivity contribution >= 4 is 35.2 Å². The summed E-state index contributed by atoms with van der Waals surface area (Å²) in [6.45, 7) is 1.05. The first-order valence-electron chi connectivity index (χ1n) is 9.57. The summed E-state index contributed by atoms with van der Waals surface area (Å²) in [5, 5.41) is 6.53. The highest BCUT2D eigenvalue weighted by molar-refractivity contribution is 7.09. The second kappa shape index (κ2) is 10.9. The molecule has 0 fully saturated rings. The maximum Gasteiger partial charge on any atom is 0.338 e. The van der Waals surface area contributed by atoms with Gasteiger partial charge in [-0.3, -0.25) is 14.9 Å². The van der Waals surface area contributed by atoms with Crippen LogP contribution in [0.4, 0.5) is 4.79 Å². The number of benzene rings is 2. The minimum Gasteiger partial charge on any atom is -0.452 e. The summed E-state index contributed by atoms with van der Waals surface area (Å²) >= 11 is 1.48. The minimum absolute atomic E-state index is 0.264. The lowest BCUT2D eigenvalue weighted by atomic mass is 10.0. The van der Waals surface area contributed by atoms with Crippen LogP contribution in [0.2, 0.25) is 0 Å². The zero-order chi connectivity index (χ0) is 22.9. The summed E-state index contributed by atoms with van der Waals surface area (Å²) in [5.41, 5.74) is 1.98. The van der Waals surface area contributed by atoms with E-state index in [1.165, 1.54) is 18.3 Å². The number of nitrogens with one attached hydrogen (secondary N) is 2. The zero-order valence-electron chi connectivity index (χ0n) is 17.1. The number of ether oxygens (including phenoxy) is 2. The number of thiophene rings is 1.